The Morgan fingerprint density at radius 2 is 1.73 bits per heavy atom. The molecule has 5 rings (SSSR count). The van der Waals surface area contributed by atoms with Crippen LogP contribution in [0.4, 0.5) is 0 Å². The van der Waals surface area contributed by atoms with E-state index in [9.17, 15) is 4.79 Å². The number of ether oxygens (including phenoxy) is 2. The van der Waals surface area contributed by atoms with Crippen LogP contribution in [0.5, 0.6) is 11.5 Å². The van der Waals surface area contributed by atoms with E-state index in [4.69, 9.17) is 9.47 Å². The summed E-state index contributed by atoms with van der Waals surface area (Å²) in [5.74, 6) is 3.79. The molecule has 3 aliphatic carbocycles. The fourth-order valence-corrected chi connectivity index (χ4v) is 6.39. The Morgan fingerprint density at radius 1 is 1.00 bits per heavy atom. The minimum atomic E-state index is -0.205. The van der Waals surface area contributed by atoms with Crippen molar-refractivity contribution in [3.8, 4) is 11.5 Å². The minimum Gasteiger partial charge on any atom is -0.497 e. The predicted molar refractivity (Wildman–Crippen MR) is 119 cm³/mol. The summed E-state index contributed by atoms with van der Waals surface area (Å²) >= 11 is 0. The van der Waals surface area contributed by atoms with Gasteiger partial charge in [-0.2, -0.15) is 0 Å². The highest BCUT2D eigenvalue weighted by Crippen LogP contribution is 2.60. The molecule has 3 nitrogen and oxygen atoms in total. The first kappa shape index (κ1) is 19.4. The van der Waals surface area contributed by atoms with Crippen molar-refractivity contribution in [2.24, 2.45) is 17.3 Å². The van der Waals surface area contributed by atoms with Crippen LogP contribution in [0.1, 0.15) is 55.2 Å². The molecule has 0 aliphatic heterocycles. The van der Waals surface area contributed by atoms with Gasteiger partial charge >= 0.3 is 0 Å². The van der Waals surface area contributed by atoms with Gasteiger partial charge in [-0.25, -0.2) is 0 Å². The van der Waals surface area contributed by atoms with Crippen LogP contribution in [0, 0.1) is 17.3 Å². The molecule has 3 aliphatic rings. The lowest BCUT2D eigenvalue weighted by Gasteiger charge is -2.48. The van der Waals surface area contributed by atoms with Gasteiger partial charge in [0.05, 0.1) is 14.2 Å². The standard InChI is InChI=1S/C27H30O3/c1-27-13-12-23-22-11-9-21(30-3)15-18(22)6-10-24(23)25(27)16-19(26(27)28)14-17-4-7-20(29-2)8-5-17/h4-5,7-9,11,14-15,23-25H,6,10,12-13,16H2,1-3H3/b19-14+/t23-,24-,25-,27-/m1/s1. The van der Waals surface area contributed by atoms with Gasteiger partial charge in [-0.1, -0.05) is 25.1 Å². The summed E-state index contributed by atoms with van der Waals surface area (Å²) < 4.78 is 10.7. The van der Waals surface area contributed by atoms with E-state index >= 15 is 0 Å². The van der Waals surface area contributed by atoms with E-state index in [2.05, 4.69) is 31.2 Å². The first-order valence-electron chi connectivity index (χ1n) is 11.1. The molecule has 2 aromatic carbocycles. The molecule has 0 unspecified atom stereocenters. The molecule has 0 N–H and O–H groups in total. The van der Waals surface area contributed by atoms with Gasteiger partial charge < -0.3 is 9.47 Å². The zero-order valence-corrected chi connectivity index (χ0v) is 18.1. The normalized spacial score (nSPS) is 31.1. The number of carbonyl (C=O) groups is 1. The molecule has 2 aromatic rings. The molecule has 2 saturated carbocycles. The molecule has 3 heteroatoms. The van der Waals surface area contributed by atoms with Gasteiger partial charge in [0.1, 0.15) is 11.5 Å². The van der Waals surface area contributed by atoms with Crippen molar-refractivity contribution in [2.45, 2.75) is 44.9 Å². The largest absolute Gasteiger partial charge is 0.497 e. The predicted octanol–water partition coefficient (Wildman–Crippen LogP) is 5.82. The molecule has 156 valence electrons. The van der Waals surface area contributed by atoms with E-state index in [1.54, 1.807) is 14.2 Å². The second-order valence-electron chi connectivity index (χ2n) is 9.41. The third kappa shape index (κ3) is 2.98. The molecule has 2 fully saturated rings. The van der Waals surface area contributed by atoms with Crippen molar-refractivity contribution in [3.63, 3.8) is 0 Å². The van der Waals surface area contributed by atoms with Crippen LogP contribution in [-0.4, -0.2) is 20.0 Å². The van der Waals surface area contributed by atoms with Gasteiger partial charge in [0, 0.05) is 5.41 Å². The number of methoxy groups -OCH3 is 2. The third-order valence-corrected chi connectivity index (χ3v) is 8.03. The molecular formula is C27H30O3. The van der Waals surface area contributed by atoms with Crippen LogP contribution in [0.2, 0.25) is 0 Å². The third-order valence-electron chi connectivity index (χ3n) is 8.03. The van der Waals surface area contributed by atoms with Gasteiger partial charge in [-0.15, -0.1) is 0 Å². The Morgan fingerprint density at radius 3 is 2.47 bits per heavy atom. The van der Waals surface area contributed by atoms with Gasteiger partial charge in [0.25, 0.3) is 0 Å². The Balaban J connectivity index is 1.45. The Kier molecular flexibility index (Phi) is 4.72. The number of aryl methyl sites for hydroxylation is 1. The summed E-state index contributed by atoms with van der Waals surface area (Å²) in [7, 11) is 3.41. The van der Waals surface area contributed by atoms with Crippen LogP contribution >= 0.6 is 0 Å². The number of benzene rings is 2. The summed E-state index contributed by atoms with van der Waals surface area (Å²) in [6.07, 6.45) is 7.39. The Hall–Kier alpha value is -2.55. The smallest absolute Gasteiger partial charge is 0.165 e. The SMILES string of the molecule is COc1ccc(/C=C2\C[C@@H]3[C@@H]4CCc5cc(OC)ccc5[C@H]4CC[C@@]3(C)C2=O)cc1. The second-order valence-corrected chi connectivity index (χ2v) is 9.41. The average molecular weight is 403 g/mol. The number of hydrogen-bond acceptors (Lipinski definition) is 3. The molecule has 0 spiro atoms. The van der Waals surface area contributed by atoms with E-state index in [0.717, 1.165) is 48.3 Å². The Labute approximate surface area is 179 Å². The fraction of sp³-hybridized carbons (Fsp3) is 0.444. The van der Waals surface area contributed by atoms with E-state index in [0.29, 0.717) is 23.5 Å². The zero-order valence-electron chi connectivity index (χ0n) is 18.1. The molecule has 0 aromatic heterocycles. The van der Waals surface area contributed by atoms with E-state index in [1.807, 2.05) is 24.3 Å². The number of allylic oxidation sites excluding steroid dienone is 1. The highest BCUT2D eigenvalue weighted by atomic mass is 16.5. The van der Waals surface area contributed by atoms with Crippen molar-refractivity contribution in [2.75, 3.05) is 14.2 Å². The summed E-state index contributed by atoms with van der Waals surface area (Å²) in [5, 5.41) is 0. The molecule has 0 radical (unpaired) electrons. The molecular weight excluding hydrogens is 372 g/mol. The summed E-state index contributed by atoms with van der Waals surface area (Å²) in [4.78, 5) is 13.5. The summed E-state index contributed by atoms with van der Waals surface area (Å²) in [5.41, 5.74) is 4.82. The first-order chi connectivity index (χ1) is 14.5. The van der Waals surface area contributed by atoms with Crippen molar-refractivity contribution in [1.29, 1.82) is 0 Å². The molecule has 4 atom stereocenters. The highest BCUT2D eigenvalue weighted by Gasteiger charge is 2.56. The summed E-state index contributed by atoms with van der Waals surface area (Å²) in [6, 6.07) is 14.6. The monoisotopic (exact) mass is 402 g/mol. The van der Waals surface area contributed by atoms with Crippen LogP contribution in [0.3, 0.4) is 0 Å². The maximum Gasteiger partial charge on any atom is 0.165 e. The number of Topliss-reactive ketones (excluding diaryl/α,β-unsaturated/α-hetero) is 1. The van der Waals surface area contributed by atoms with Crippen LogP contribution in [0.15, 0.2) is 48.0 Å². The zero-order chi connectivity index (χ0) is 20.9. The van der Waals surface area contributed by atoms with Crippen molar-refractivity contribution < 1.29 is 14.3 Å². The van der Waals surface area contributed by atoms with Crippen molar-refractivity contribution in [3.05, 3.63) is 64.7 Å². The van der Waals surface area contributed by atoms with Gasteiger partial charge in [-0.3, -0.25) is 4.79 Å². The van der Waals surface area contributed by atoms with Crippen molar-refractivity contribution in [1.82, 2.24) is 0 Å². The summed E-state index contributed by atoms with van der Waals surface area (Å²) in [6.45, 7) is 2.23. The lowest BCUT2D eigenvalue weighted by Crippen LogP contribution is -2.42. The van der Waals surface area contributed by atoms with E-state index < -0.39 is 0 Å². The number of rotatable bonds is 3. The average Bonchev–Trinajstić information content (AvgIpc) is 3.04. The maximum absolute atomic E-state index is 13.5. The van der Waals surface area contributed by atoms with E-state index in [1.165, 1.54) is 17.5 Å². The number of carbonyl (C=O) groups excluding carboxylic acids is 1. The number of ketones is 1. The van der Waals surface area contributed by atoms with Gasteiger partial charge in [0.15, 0.2) is 5.78 Å². The van der Waals surface area contributed by atoms with Crippen LogP contribution in [0.25, 0.3) is 6.08 Å². The Bertz CT molecular complexity index is 1000. The fourth-order valence-electron chi connectivity index (χ4n) is 6.39. The lowest BCUT2D eigenvalue weighted by atomic mass is 9.55. The maximum atomic E-state index is 13.5. The molecule has 0 bridgehead atoms. The molecule has 0 amide bonds. The molecule has 0 saturated heterocycles. The van der Waals surface area contributed by atoms with Gasteiger partial charge in [-0.05, 0) is 102 Å². The van der Waals surface area contributed by atoms with Crippen molar-refractivity contribution >= 4 is 11.9 Å². The minimum absolute atomic E-state index is 0.205. The first-order valence-corrected chi connectivity index (χ1v) is 11.1. The van der Waals surface area contributed by atoms with Gasteiger partial charge in [0.2, 0.25) is 0 Å². The van der Waals surface area contributed by atoms with Crippen LogP contribution < -0.4 is 9.47 Å². The molecule has 30 heavy (non-hydrogen) atoms. The quantitative estimate of drug-likeness (QED) is 0.607. The van der Waals surface area contributed by atoms with E-state index in [-0.39, 0.29) is 5.41 Å². The highest BCUT2D eigenvalue weighted by molar-refractivity contribution is 6.06. The lowest BCUT2D eigenvalue weighted by molar-refractivity contribution is -0.127. The second kappa shape index (κ2) is 7.30. The topological polar surface area (TPSA) is 35.5 Å². The molecule has 0 heterocycles. The van der Waals surface area contributed by atoms with Crippen LogP contribution in [-0.2, 0) is 11.2 Å². The number of hydrogen-bond donors (Lipinski definition) is 0. The number of fused-ring (bicyclic) bond motifs is 5.